The standard InChI is InChI=1S/C14H19N3O4S/c1-7-8(2)22-13(11(7)14(20)21-3)17-10(18)6-9-12(19)16-5-4-15-9/h9,15H,4-6H2,1-3H3,(H,16,19)(H,17,18)/t9-/m1/s1. The summed E-state index contributed by atoms with van der Waals surface area (Å²) in [6.45, 7) is 4.88. The van der Waals surface area contributed by atoms with Gasteiger partial charge in [-0.25, -0.2) is 4.79 Å². The summed E-state index contributed by atoms with van der Waals surface area (Å²) in [5.41, 5.74) is 1.17. The molecular weight excluding hydrogens is 306 g/mol. The van der Waals surface area contributed by atoms with E-state index in [4.69, 9.17) is 4.74 Å². The predicted octanol–water partition coefficient (Wildman–Crippen LogP) is 0.568. The highest BCUT2D eigenvalue weighted by Gasteiger charge is 2.26. The lowest BCUT2D eigenvalue weighted by Gasteiger charge is -2.22. The third-order valence-corrected chi connectivity index (χ3v) is 4.67. The fourth-order valence-electron chi connectivity index (χ4n) is 2.24. The predicted molar refractivity (Wildman–Crippen MR) is 83.2 cm³/mol. The fraction of sp³-hybridized carbons (Fsp3) is 0.500. The third kappa shape index (κ3) is 3.45. The van der Waals surface area contributed by atoms with Crippen LogP contribution in [-0.4, -0.2) is 44.0 Å². The highest BCUT2D eigenvalue weighted by atomic mass is 32.1. The molecule has 1 atom stereocenters. The summed E-state index contributed by atoms with van der Waals surface area (Å²) in [5, 5.41) is 8.87. The van der Waals surface area contributed by atoms with Crippen molar-refractivity contribution in [1.82, 2.24) is 10.6 Å². The van der Waals surface area contributed by atoms with Crippen molar-refractivity contribution in [2.75, 3.05) is 25.5 Å². The van der Waals surface area contributed by atoms with E-state index in [-0.39, 0.29) is 18.2 Å². The number of ether oxygens (including phenoxy) is 1. The van der Waals surface area contributed by atoms with Crippen LogP contribution in [0.5, 0.6) is 0 Å². The van der Waals surface area contributed by atoms with E-state index in [1.807, 2.05) is 13.8 Å². The molecular formula is C14H19N3O4S. The number of carbonyl (C=O) groups is 3. The van der Waals surface area contributed by atoms with Crippen LogP contribution in [0.3, 0.4) is 0 Å². The van der Waals surface area contributed by atoms with Gasteiger partial charge in [0.1, 0.15) is 5.00 Å². The molecule has 8 heteroatoms. The van der Waals surface area contributed by atoms with Crippen molar-refractivity contribution in [3.8, 4) is 0 Å². The average molecular weight is 325 g/mol. The Labute approximate surface area is 132 Å². The zero-order chi connectivity index (χ0) is 16.3. The highest BCUT2D eigenvalue weighted by molar-refractivity contribution is 7.16. The van der Waals surface area contributed by atoms with Crippen LogP contribution in [0.2, 0.25) is 0 Å². The second kappa shape index (κ2) is 6.89. The van der Waals surface area contributed by atoms with Gasteiger partial charge in [0, 0.05) is 18.0 Å². The molecule has 1 aliphatic rings. The van der Waals surface area contributed by atoms with Crippen molar-refractivity contribution in [3.05, 3.63) is 16.0 Å². The molecule has 1 aromatic rings. The largest absolute Gasteiger partial charge is 0.465 e. The molecule has 3 N–H and O–H groups in total. The number of piperazine rings is 1. The topological polar surface area (TPSA) is 96.5 Å². The minimum atomic E-state index is -0.544. The van der Waals surface area contributed by atoms with E-state index in [2.05, 4.69) is 16.0 Å². The molecule has 0 aliphatic carbocycles. The Hall–Kier alpha value is -1.93. The molecule has 0 bridgehead atoms. The molecule has 0 saturated carbocycles. The molecule has 1 fully saturated rings. The third-order valence-electron chi connectivity index (χ3n) is 3.55. The fourth-order valence-corrected chi connectivity index (χ4v) is 3.30. The van der Waals surface area contributed by atoms with Crippen LogP contribution in [0.15, 0.2) is 0 Å². The van der Waals surface area contributed by atoms with Crippen LogP contribution >= 0.6 is 11.3 Å². The monoisotopic (exact) mass is 325 g/mol. The molecule has 0 aromatic carbocycles. The Morgan fingerprint density at radius 2 is 2.09 bits per heavy atom. The first kappa shape index (κ1) is 16.4. The number of carbonyl (C=O) groups excluding carboxylic acids is 3. The Morgan fingerprint density at radius 3 is 2.73 bits per heavy atom. The number of aryl methyl sites for hydroxylation is 1. The van der Waals surface area contributed by atoms with Crippen LogP contribution in [0.4, 0.5) is 5.00 Å². The van der Waals surface area contributed by atoms with E-state index >= 15 is 0 Å². The van der Waals surface area contributed by atoms with Crippen LogP contribution in [0, 0.1) is 13.8 Å². The van der Waals surface area contributed by atoms with Gasteiger partial charge in [-0.15, -0.1) is 11.3 Å². The molecule has 2 heterocycles. The van der Waals surface area contributed by atoms with Gasteiger partial charge in [-0.3, -0.25) is 9.59 Å². The zero-order valence-corrected chi connectivity index (χ0v) is 13.6. The Bertz CT molecular complexity index is 611. The summed E-state index contributed by atoms with van der Waals surface area (Å²) in [5.74, 6) is -0.986. The van der Waals surface area contributed by atoms with Gasteiger partial charge in [0.05, 0.1) is 25.1 Å². The van der Waals surface area contributed by atoms with E-state index in [0.29, 0.717) is 23.7 Å². The van der Waals surface area contributed by atoms with Gasteiger partial charge in [-0.1, -0.05) is 0 Å². The summed E-state index contributed by atoms with van der Waals surface area (Å²) < 4.78 is 4.76. The lowest BCUT2D eigenvalue weighted by Crippen LogP contribution is -2.53. The van der Waals surface area contributed by atoms with Crippen LogP contribution in [-0.2, 0) is 14.3 Å². The van der Waals surface area contributed by atoms with Gasteiger partial charge in [-0.05, 0) is 19.4 Å². The molecule has 0 radical (unpaired) electrons. The number of anilines is 1. The van der Waals surface area contributed by atoms with Crippen LogP contribution < -0.4 is 16.0 Å². The number of hydrogen-bond donors (Lipinski definition) is 3. The van der Waals surface area contributed by atoms with E-state index in [0.717, 1.165) is 10.4 Å². The van der Waals surface area contributed by atoms with Crippen molar-refractivity contribution < 1.29 is 19.1 Å². The second-order valence-corrected chi connectivity index (χ2v) is 6.25. The number of thiophene rings is 1. The Morgan fingerprint density at radius 1 is 1.36 bits per heavy atom. The van der Waals surface area contributed by atoms with Gasteiger partial charge >= 0.3 is 5.97 Å². The first-order chi connectivity index (χ1) is 10.4. The first-order valence-electron chi connectivity index (χ1n) is 6.93. The maximum atomic E-state index is 12.1. The average Bonchev–Trinajstić information content (AvgIpc) is 2.75. The molecule has 7 nitrogen and oxygen atoms in total. The van der Waals surface area contributed by atoms with E-state index in [1.165, 1.54) is 18.4 Å². The van der Waals surface area contributed by atoms with Gasteiger partial charge in [0.2, 0.25) is 11.8 Å². The maximum absolute atomic E-state index is 12.1. The summed E-state index contributed by atoms with van der Waals surface area (Å²) >= 11 is 1.32. The maximum Gasteiger partial charge on any atom is 0.341 e. The Kier molecular flexibility index (Phi) is 5.15. The molecule has 120 valence electrons. The van der Waals surface area contributed by atoms with Gasteiger partial charge in [0.25, 0.3) is 0 Å². The summed E-state index contributed by atoms with van der Waals surface area (Å²) in [7, 11) is 1.30. The first-order valence-corrected chi connectivity index (χ1v) is 7.75. The number of methoxy groups -OCH3 is 1. The van der Waals surface area contributed by atoms with E-state index in [1.54, 1.807) is 0 Å². The second-order valence-electron chi connectivity index (χ2n) is 5.03. The summed E-state index contributed by atoms with van der Waals surface area (Å²) in [6, 6.07) is -0.544. The summed E-state index contributed by atoms with van der Waals surface area (Å²) in [4.78, 5) is 36.6. The number of esters is 1. The number of rotatable bonds is 4. The molecule has 1 aromatic heterocycles. The van der Waals surface area contributed by atoms with Crippen molar-refractivity contribution >= 4 is 34.1 Å². The molecule has 2 amide bonds. The van der Waals surface area contributed by atoms with Gasteiger partial charge in [-0.2, -0.15) is 0 Å². The van der Waals surface area contributed by atoms with Gasteiger partial charge in [0.15, 0.2) is 0 Å². The van der Waals surface area contributed by atoms with Crippen LogP contribution in [0.25, 0.3) is 0 Å². The molecule has 0 unspecified atom stereocenters. The SMILES string of the molecule is COC(=O)c1c(NC(=O)C[C@H]2NCCNC2=O)sc(C)c1C. The van der Waals surface area contributed by atoms with E-state index < -0.39 is 12.0 Å². The minimum Gasteiger partial charge on any atom is -0.465 e. The van der Waals surface area contributed by atoms with Crippen molar-refractivity contribution in [1.29, 1.82) is 0 Å². The zero-order valence-electron chi connectivity index (χ0n) is 12.7. The summed E-state index contributed by atoms with van der Waals surface area (Å²) in [6.07, 6.45) is 0.0163. The Balaban J connectivity index is 2.10. The molecule has 22 heavy (non-hydrogen) atoms. The minimum absolute atomic E-state index is 0.0163. The molecule has 1 saturated heterocycles. The number of nitrogens with one attached hydrogen (secondary N) is 3. The van der Waals surface area contributed by atoms with Gasteiger partial charge < -0.3 is 20.7 Å². The smallest absolute Gasteiger partial charge is 0.341 e. The number of amides is 2. The normalized spacial score (nSPS) is 17.8. The quantitative estimate of drug-likeness (QED) is 0.703. The van der Waals surface area contributed by atoms with Crippen LogP contribution in [0.1, 0.15) is 27.2 Å². The van der Waals surface area contributed by atoms with E-state index in [9.17, 15) is 14.4 Å². The molecule has 1 aliphatic heterocycles. The van der Waals surface area contributed by atoms with Crippen molar-refractivity contribution in [3.63, 3.8) is 0 Å². The lowest BCUT2D eigenvalue weighted by molar-refractivity contribution is -0.127. The number of hydrogen-bond acceptors (Lipinski definition) is 6. The van der Waals surface area contributed by atoms with Crippen molar-refractivity contribution in [2.24, 2.45) is 0 Å². The highest BCUT2D eigenvalue weighted by Crippen LogP contribution is 2.33. The molecule has 0 spiro atoms. The van der Waals surface area contributed by atoms with Crippen molar-refractivity contribution in [2.45, 2.75) is 26.3 Å². The lowest BCUT2D eigenvalue weighted by atomic mass is 10.1. The molecule has 2 rings (SSSR count).